The quantitative estimate of drug-likeness (QED) is 0.561. The van der Waals surface area contributed by atoms with E-state index in [1.807, 2.05) is 6.07 Å². The van der Waals surface area contributed by atoms with E-state index in [4.69, 9.17) is 15.6 Å². The van der Waals surface area contributed by atoms with E-state index in [9.17, 15) is 4.79 Å². The maximum absolute atomic E-state index is 10.5. The van der Waals surface area contributed by atoms with Gasteiger partial charge in [-0.25, -0.2) is 4.68 Å². The lowest BCUT2D eigenvalue weighted by Gasteiger charge is -2.07. The third kappa shape index (κ3) is 3.94. The molecule has 0 saturated heterocycles. The lowest BCUT2D eigenvalue weighted by atomic mass is 10.1. The molecule has 1 heterocycles. The van der Waals surface area contributed by atoms with Crippen molar-refractivity contribution < 1.29 is 14.6 Å². The molecule has 0 saturated carbocycles. The molecule has 8 nitrogen and oxygen atoms in total. The van der Waals surface area contributed by atoms with Crippen LogP contribution in [-0.4, -0.2) is 38.4 Å². The van der Waals surface area contributed by atoms with E-state index in [1.54, 1.807) is 23.9 Å². The van der Waals surface area contributed by atoms with E-state index in [2.05, 4.69) is 15.5 Å². The highest BCUT2D eigenvalue weighted by Crippen LogP contribution is 2.27. The van der Waals surface area contributed by atoms with Crippen LogP contribution < -0.4 is 10.5 Å². The van der Waals surface area contributed by atoms with Crippen LogP contribution in [-0.2, 0) is 11.3 Å². The third-order valence-electron chi connectivity index (χ3n) is 3.28. The number of aliphatic carboxylic acids is 1. The topological polar surface area (TPSA) is 116 Å². The monoisotopic (exact) mass is 305 g/mol. The van der Waals surface area contributed by atoms with Crippen LogP contribution in [0, 0.1) is 0 Å². The number of rotatable bonds is 8. The molecule has 2 aromatic rings. The number of carbonyl (C=O) groups is 1. The number of carboxylic acids is 1. The first kappa shape index (κ1) is 15.7. The summed E-state index contributed by atoms with van der Waals surface area (Å²) in [6.45, 7) is 0.633. The highest BCUT2D eigenvalue weighted by Gasteiger charge is 2.10. The average Bonchev–Trinajstić information content (AvgIpc) is 2.95. The Morgan fingerprint density at radius 2 is 2.18 bits per heavy atom. The fourth-order valence-corrected chi connectivity index (χ4v) is 2.15. The van der Waals surface area contributed by atoms with Gasteiger partial charge >= 0.3 is 5.97 Å². The summed E-state index contributed by atoms with van der Waals surface area (Å²) in [5, 5.41) is 20.3. The molecule has 0 bridgehead atoms. The minimum Gasteiger partial charge on any atom is -0.495 e. The van der Waals surface area contributed by atoms with Gasteiger partial charge in [0.1, 0.15) is 5.75 Å². The largest absolute Gasteiger partial charge is 0.495 e. The normalized spacial score (nSPS) is 10.6. The maximum Gasteiger partial charge on any atom is 0.303 e. The number of tetrazole rings is 1. The van der Waals surface area contributed by atoms with Crippen molar-refractivity contribution >= 4 is 11.7 Å². The fourth-order valence-electron chi connectivity index (χ4n) is 2.15. The number of methoxy groups -OCH3 is 1. The number of hydrogen-bond donors (Lipinski definition) is 2. The number of ether oxygens (including phenoxy) is 1. The Hall–Kier alpha value is -2.64. The number of hydrogen-bond acceptors (Lipinski definition) is 6. The average molecular weight is 305 g/mol. The number of nitrogens with two attached hydrogens (primary N) is 1. The molecule has 1 aromatic carbocycles. The zero-order chi connectivity index (χ0) is 15.9. The molecular formula is C14H19N5O3. The Kier molecular flexibility index (Phi) is 5.29. The van der Waals surface area contributed by atoms with Crippen molar-refractivity contribution in [1.82, 2.24) is 20.2 Å². The predicted octanol–water partition coefficient (Wildman–Crippen LogP) is 1.58. The van der Waals surface area contributed by atoms with E-state index >= 15 is 0 Å². The molecule has 1 aromatic heterocycles. The molecule has 2 rings (SSSR count). The molecule has 0 unspecified atom stereocenters. The minimum atomic E-state index is -0.767. The number of unbranched alkanes of at least 4 members (excludes halogenated alkanes) is 2. The molecule has 0 spiro atoms. The Bertz CT molecular complexity index is 641. The summed E-state index contributed by atoms with van der Waals surface area (Å²) in [5.74, 6) is 0.473. The highest BCUT2D eigenvalue weighted by molar-refractivity contribution is 5.66. The summed E-state index contributed by atoms with van der Waals surface area (Å²) in [6, 6.07) is 5.39. The Labute approximate surface area is 127 Å². The molecule has 0 atom stereocenters. The lowest BCUT2D eigenvalue weighted by molar-refractivity contribution is -0.137. The van der Waals surface area contributed by atoms with Crippen LogP contribution in [0.5, 0.6) is 5.75 Å². The fraction of sp³-hybridized carbons (Fsp3) is 0.429. The van der Waals surface area contributed by atoms with E-state index in [0.717, 1.165) is 18.4 Å². The first-order valence-corrected chi connectivity index (χ1v) is 7.03. The lowest BCUT2D eigenvalue weighted by Crippen LogP contribution is -2.04. The molecule has 8 heteroatoms. The second-order valence-electron chi connectivity index (χ2n) is 4.89. The second-order valence-corrected chi connectivity index (χ2v) is 4.89. The number of aryl methyl sites for hydroxylation is 1. The van der Waals surface area contributed by atoms with Gasteiger partial charge in [0, 0.05) is 18.5 Å². The summed E-state index contributed by atoms with van der Waals surface area (Å²) in [5.41, 5.74) is 7.24. The van der Waals surface area contributed by atoms with Crippen LogP contribution in [0.15, 0.2) is 18.2 Å². The molecular weight excluding hydrogens is 286 g/mol. The first-order valence-electron chi connectivity index (χ1n) is 7.03. The van der Waals surface area contributed by atoms with Gasteiger partial charge in [-0.1, -0.05) is 6.42 Å². The van der Waals surface area contributed by atoms with Crippen LogP contribution in [0.4, 0.5) is 5.69 Å². The molecule has 0 aliphatic rings. The van der Waals surface area contributed by atoms with Crippen molar-refractivity contribution in [2.24, 2.45) is 0 Å². The zero-order valence-electron chi connectivity index (χ0n) is 12.4. The molecule has 3 N–H and O–H groups in total. The van der Waals surface area contributed by atoms with Gasteiger partial charge in [-0.2, -0.15) is 0 Å². The standard InChI is InChI=1S/C14H19N5O3/c1-22-12-7-6-10(9-11(12)15)14-16-17-18-19(14)8-4-2-3-5-13(20)21/h6-7,9H,2-5,8,15H2,1H3,(H,20,21). The molecule has 0 fully saturated rings. The van der Waals surface area contributed by atoms with Crippen LogP contribution in [0.25, 0.3) is 11.4 Å². The smallest absolute Gasteiger partial charge is 0.303 e. The van der Waals surface area contributed by atoms with Crippen molar-refractivity contribution in [3.8, 4) is 17.1 Å². The first-order chi connectivity index (χ1) is 10.6. The number of nitrogen functional groups attached to an aromatic ring is 1. The molecule has 118 valence electrons. The van der Waals surface area contributed by atoms with Gasteiger partial charge in [-0.15, -0.1) is 5.10 Å². The SMILES string of the molecule is COc1ccc(-c2nnnn2CCCCCC(=O)O)cc1N. The Balaban J connectivity index is 2.00. The van der Waals surface area contributed by atoms with E-state index in [1.165, 1.54) is 0 Å². The number of aromatic nitrogens is 4. The number of nitrogens with zero attached hydrogens (tertiary/aromatic N) is 4. The van der Waals surface area contributed by atoms with Crippen molar-refractivity contribution in [3.63, 3.8) is 0 Å². The summed E-state index contributed by atoms with van der Waals surface area (Å²) < 4.78 is 6.82. The number of anilines is 1. The summed E-state index contributed by atoms with van der Waals surface area (Å²) in [6.07, 6.45) is 2.48. The van der Waals surface area contributed by atoms with E-state index in [-0.39, 0.29) is 6.42 Å². The summed E-state index contributed by atoms with van der Waals surface area (Å²) >= 11 is 0. The van der Waals surface area contributed by atoms with E-state index < -0.39 is 5.97 Å². The van der Waals surface area contributed by atoms with Crippen molar-refractivity contribution in [3.05, 3.63) is 18.2 Å². The summed E-state index contributed by atoms with van der Waals surface area (Å²) in [4.78, 5) is 10.5. The number of benzene rings is 1. The number of carboxylic acid groups (broad SMARTS) is 1. The van der Waals surface area contributed by atoms with Gasteiger partial charge in [0.2, 0.25) is 0 Å². The molecule has 0 aliphatic heterocycles. The summed E-state index contributed by atoms with van der Waals surface area (Å²) in [7, 11) is 1.56. The molecule has 22 heavy (non-hydrogen) atoms. The van der Waals surface area contributed by atoms with Gasteiger partial charge < -0.3 is 15.6 Å². The Morgan fingerprint density at radius 1 is 1.36 bits per heavy atom. The van der Waals surface area contributed by atoms with Gasteiger partial charge in [0.15, 0.2) is 5.82 Å². The zero-order valence-corrected chi connectivity index (χ0v) is 12.4. The minimum absolute atomic E-state index is 0.192. The van der Waals surface area contributed by atoms with Crippen LogP contribution in [0.2, 0.25) is 0 Å². The highest BCUT2D eigenvalue weighted by atomic mass is 16.5. The molecule has 0 radical (unpaired) electrons. The van der Waals surface area contributed by atoms with Crippen molar-refractivity contribution in [2.45, 2.75) is 32.2 Å². The van der Waals surface area contributed by atoms with Crippen molar-refractivity contribution in [2.75, 3.05) is 12.8 Å². The predicted molar refractivity (Wildman–Crippen MR) is 80.3 cm³/mol. The van der Waals surface area contributed by atoms with Gasteiger partial charge in [0.25, 0.3) is 0 Å². The van der Waals surface area contributed by atoms with Crippen LogP contribution in [0.3, 0.4) is 0 Å². The second kappa shape index (κ2) is 7.39. The van der Waals surface area contributed by atoms with E-state index in [0.29, 0.717) is 30.2 Å². The molecule has 0 amide bonds. The molecule has 0 aliphatic carbocycles. The Morgan fingerprint density at radius 3 is 2.86 bits per heavy atom. The van der Waals surface area contributed by atoms with Crippen LogP contribution in [0.1, 0.15) is 25.7 Å². The van der Waals surface area contributed by atoms with Crippen molar-refractivity contribution in [1.29, 1.82) is 0 Å². The van der Waals surface area contributed by atoms with Gasteiger partial charge in [0.05, 0.1) is 12.8 Å². The van der Waals surface area contributed by atoms with Gasteiger partial charge in [-0.3, -0.25) is 4.79 Å². The van der Waals surface area contributed by atoms with Crippen LogP contribution >= 0.6 is 0 Å². The maximum atomic E-state index is 10.5. The third-order valence-corrected chi connectivity index (χ3v) is 3.28. The van der Waals surface area contributed by atoms with Gasteiger partial charge in [-0.05, 0) is 41.5 Å².